The van der Waals surface area contributed by atoms with Crippen molar-refractivity contribution in [3.8, 4) is 11.9 Å². The highest BCUT2D eigenvalue weighted by atomic mass is 16.1. The minimum absolute atomic E-state index is 0.246. The van der Waals surface area contributed by atoms with Crippen LogP contribution in [-0.2, 0) is 4.79 Å². The molecule has 0 atom stereocenters. The van der Waals surface area contributed by atoms with Gasteiger partial charge in [-0.1, -0.05) is 78.9 Å². The van der Waals surface area contributed by atoms with Gasteiger partial charge in [0.05, 0.1) is 11.7 Å². The third-order valence-corrected chi connectivity index (χ3v) is 5.36. The molecule has 0 fully saturated rings. The lowest BCUT2D eigenvalue weighted by Gasteiger charge is -2.12. The van der Waals surface area contributed by atoms with Crippen molar-refractivity contribution < 1.29 is 4.79 Å². The van der Waals surface area contributed by atoms with Crippen molar-refractivity contribution in [1.82, 2.24) is 14.8 Å². The number of fused-ring (bicyclic) bond motifs is 1. The minimum atomic E-state index is -0.353. The van der Waals surface area contributed by atoms with Crippen LogP contribution in [0.5, 0.6) is 0 Å². The van der Waals surface area contributed by atoms with E-state index in [4.69, 9.17) is 0 Å². The number of amides is 1. The molecular formula is C28H19N5O. The SMILES string of the molecule is N#Cc1cnn(-c2ccc3ccccc3n2)c1NC(=O)/C(=C\c1ccccc1)c1ccccc1. The lowest BCUT2D eigenvalue weighted by Crippen LogP contribution is -2.17. The van der Waals surface area contributed by atoms with Gasteiger partial charge in [0.1, 0.15) is 11.6 Å². The van der Waals surface area contributed by atoms with Crippen LogP contribution in [0.15, 0.2) is 103 Å². The summed E-state index contributed by atoms with van der Waals surface area (Å²) in [6.45, 7) is 0. The Kier molecular flexibility index (Phi) is 5.66. The summed E-state index contributed by atoms with van der Waals surface area (Å²) in [4.78, 5) is 18.2. The van der Waals surface area contributed by atoms with Gasteiger partial charge in [-0.2, -0.15) is 15.0 Å². The van der Waals surface area contributed by atoms with Crippen LogP contribution in [-0.4, -0.2) is 20.7 Å². The maximum atomic E-state index is 13.5. The van der Waals surface area contributed by atoms with Crippen molar-refractivity contribution in [3.63, 3.8) is 0 Å². The van der Waals surface area contributed by atoms with Gasteiger partial charge in [0.25, 0.3) is 5.91 Å². The van der Waals surface area contributed by atoms with Crippen LogP contribution in [0.2, 0.25) is 0 Å². The first-order chi connectivity index (χ1) is 16.7. The van der Waals surface area contributed by atoms with Gasteiger partial charge in [-0.25, -0.2) is 4.98 Å². The van der Waals surface area contributed by atoms with E-state index >= 15 is 0 Å². The molecule has 0 unspecified atom stereocenters. The van der Waals surface area contributed by atoms with Gasteiger partial charge >= 0.3 is 0 Å². The van der Waals surface area contributed by atoms with Gasteiger partial charge in [-0.3, -0.25) is 4.79 Å². The highest BCUT2D eigenvalue weighted by Crippen LogP contribution is 2.24. The molecule has 162 valence electrons. The molecule has 1 amide bonds. The molecule has 6 nitrogen and oxygen atoms in total. The fourth-order valence-electron chi connectivity index (χ4n) is 3.69. The van der Waals surface area contributed by atoms with Gasteiger partial charge in [-0.15, -0.1) is 0 Å². The third kappa shape index (κ3) is 4.18. The fourth-order valence-corrected chi connectivity index (χ4v) is 3.69. The average Bonchev–Trinajstić information content (AvgIpc) is 3.30. The monoisotopic (exact) mass is 441 g/mol. The normalized spacial score (nSPS) is 11.2. The molecule has 0 saturated heterocycles. The zero-order valence-corrected chi connectivity index (χ0v) is 18.1. The number of nitrogens with one attached hydrogen (secondary N) is 1. The number of benzene rings is 3. The van der Waals surface area contributed by atoms with Crippen molar-refractivity contribution >= 4 is 34.3 Å². The lowest BCUT2D eigenvalue weighted by molar-refractivity contribution is -0.111. The van der Waals surface area contributed by atoms with E-state index < -0.39 is 0 Å². The first kappa shape index (κ1) is 20.9. The number of hydrogen-bond donors (Lipinski definition) is 1. The number of rotatable bonds is 5. The molecule has 0 bridgehead atoms. The van der Waals surface area contributed by atoms with Crippen molar-refractivity contribution in [2.24, 2.45) is 0 Å². The first-order valence-corrected chi connectivity index (χ1v) is 10.7. The van der Waals surface area contributed by atoms with Gasteiger partial charge in [-0.05, 0) is 35.4 Å². The predicted octanol–water partition coefficient (Wildman–Crippen LogP) is 5.47. The van der Waals surface area contributed by atoms with Crippen LogP contribution in [0.1, 0.15) is 16.7 Å². The molecule has 5 rings (SSSR count). The Morgan fingerprint density at radius 1 is 0.882 bits per heavy atom. The summed E-state index contributed by atoms with van der Waals surface area (Å²) in [5.74, 6) is 0.420. The first-order valence-electron chi connectivity index (χ1n) is 10.7. The van der Waals surface area contributed by atoms with Crippen LogP contribution < -0.4 is 5.32 Å². The van der Waals surface area contributed by atoms with Crippen LogP contribution in [0.3, 0.4) is 0 Å². The number of hydrogen-bond acceptors (Lipinski definition) is 4. The van der Waals surface area contributed by atoms with Crippen molar-refractivity contribution in [1.29, 1.82) is 5.26 Å². The predicted molar refractivity (Wildman–Crippen MR) is 133 cm³/mol. The van der Waals surface area contributed by atoms with Gasteiger partial charge < -0.3 is 5.32 Å². The summed E-state index contributed by atoms with van der Waals surface area (Å²) in [6.07, 6.45) is 3.25. The molecule has 0 radical (unpaired) electrons. The van der Waals surface area contributed by atoms with Crippen LogP contribution >= 0.6 is 0 Å². The summed E-state index contributed by atoms with van der Waals surface area (Å²) < 4.78 is 1.48. The van der Waals surface area contributed by atoms with Gasteiger partial charge in [0.2, 0.25) is 0 Å². The second kappa shape index (κ2) is 9.23. The molecular weight excluding hydrogens is 422 g/mol. The van der Waals surface area contributed by atoms with Crippen LogP contribution in [0, 0.1) is 11.3 Å². The molecule has 3 aromatic carbocycles. The second-order valence-corrected chi connectivity index (χ2v) is 7.58. The van der Waals surface area contributed by atoms with Crippen molar-refractivity contribution in [2.45, 2.75) is 0 Å². The number of carbonyl (C=O) groups is 1. The van der Waals surface area contributed by atoms with E-state index in [0.717, 1.165) is 22.0 Å². The minimum Gasteiger partial charge on any atom is -0.305 e. The molecule has 2 heterocycles. The van der Waals surface area contributed by atoms with E-state index in [1.165, 1.54) is 10.9 Å². The molecule has 0 aliphatic rings. The third-order valence-electron chi connectivity index (χ3n) is 5.36. The maximum Gasteiger partial charge on any atom is 0.257 e. The second-order valence-electron chi connectivity index (χ2n) is 7.58. The topological polar surface area (TPSA) is 83.6 Å². The summed E-state index contributed by atoms with van der Waals surface area (Å²) in [7, 11) is 0. The van der Waals surface area contributed by atoms with Gasteiger partial charge in [0.15, 0.2) is 11.6 Å². The molecule has 0 aliphatic carbocycles. The molecule has 34 heavy (non-hydrogen) atoms. The van der Waals surface area contributed by atoms with E-state index in [1.807, 2.05) is 103 Å². The Labute approximate surface area is 196 Å². The van der Waals surface area contributed by atoms with Crippen molar-refractivity contribution in [2.75, 3.05) is 5.32 Å². The highest BCUT2D eigenvalue weighted by Gasteiger charge is 2.19. The zero-order valence-electron chi connectivity index (χ0n) is 18.1. The Morgan fingerprint density at radius 3 is 2.35 bits per heavy atom. The van der Waals surface area contributed by atoms with E-state index in [1.54, 1.807) is 0 Å². The quantitative estimate of drug-likeness (QED) is 0.289. The number of pyridine rings is 1. The number of nitrogens with zero attached hydrogens (tertiary/aromatic N) is 4. The maximum absolute atomic E-state index is 13.5. The summed E-state index contributed by atoms with van der Waals surface area (Å²) in [6, 6.07) is 32.6. The number of para-hydroxylation sites is 1. The summed E-state index contributed by atoms with van der Waals surface area (Å²) in [5, 5.41) is 17.9. The van der Waals surface area contributed by atoms with Crippen molar-refractivity contribution in [3.05, 3.63) is 120 Å². The summed E-state index contributed by atoms with van der Waals surface area (Å²) >= 11 is 0. The zero-order chi connectivity index (χ0) is 23.3. The number of nitriles is 1. The van der Waals surface area contributed by atoms with E-state index in [9.17, 15) is 10.1 Å². The largest absolute Gasteiger partial charge is 0.305 e. The van der Waals surface area contributed by atoms with Crippen LogP contribution in [0.25, 0.3) is 28.4 Å². The fraction of sp³-hybridized carbons (Fsp3) is 0. The highest BCUT2D eigenvalue weighted by molar-refractivity contribution is 6.29. The molecule has 0 aliphatic heterocycles. The summed E-state index contributed by atoms with van der Waals surface area (Å²) in [5.41, 5.74) is 3.16. The number of carbonyl (C=O) groups excluding carboxylic acids is 1. The average molecular weight is 441 g/mol. The molecule has 0 spiro atoms. The molecule has 6 heteroatoms. The lowest BCUT2D eigenvalue weighted by atomic mass is 10.0. The van der Waals surface area contributed by atoms with Crippen LogP contribution in [0.4, 0.5) is 5.82 Å². The Bertz CT molecular complexity index is 1550. The number of anilines is 1. The van der Waals surface area contributed by atoms with E-state index in [-0.39, 0.29) is 17.3 Å². The molecule has 5 aromatic rings. The molecule has 1 N–H and O–H groups in total. The van der Waals surface area contributed by atoms with Gasteiger partial charge in [0, 0.05) is 11.0 Å². The Balaban J connectivity index is 1.56. The number of aromatic nitrogens is 3. The van der Waals surface area contributed by atoms with E-state index in [2.05, 4.69) is 21.5 Å². The molecule has 2 aromatic heterocycles. The van der Waals surface area contributed by atoms with E-state index in [0.29, 0.717) is 11.4 Å². The molecule has 0 saturated carbocycles. The standard InChI is InChI=1S/C28H19N5O/c29-18-23-19-30-33(26-16-15-22-13-7-8-14-25(22)31-26)27(23)32-28(34)24(21-11-5-2-6-12-21)17-20-9-3-1-4-10-20/h1-17,19H,(H,32,34)/b24-17-. The Morgan fingerprint density at radius 2 is 1.59 bits per heavy atom. The Hall–Kier alpha value is -5.02. The smallest absolute Gasteiger partial charge is 0.257 e.